The number of hydrogen-bond donors (Lipinski definition) is 3. The Morgan fingerprint density at radius 3 is 2.91 bits per heavy atom. The van der Waals surface area contributed by atoms with Crippen molar-refractivity contribution in [1.29, 1.82) is 5.26 Å². The van der Waals surface area contributed by atoms with Crippen molar-refractivity contribution in [2.75, 3.05) is 19.5 Å². The van der Waals surface area contributed by atoms with Gasteiger partial charge >= 0.3 is 0 Å². The number of thiazole rings is 1. The van der Waals surface area contributed by atoms with Gasteiger partial charge in [-0.05, 0) is 18.2 Å². The molecule has 0 spiro atoms. The summed E-state index contributed by atoms with van der Waals surface area (Å²) in [4.78, 5) is 4.89. The molecule has 3 aromatic rings. The van der Waals surface area contributed by atoms with E-state index in [1.807, 2.05) is 6.07 Å². The van der Waals surface area contributed by atoms with Crippen molar-refractivity contribution in [1.82, 2.24) is 20.0 Å². The van der Waals surface area contributed by atoms with Crippen LogP contribution in [0.5, 0.6) is 0 Å². The van der Waals surface area contributed by atoms with Gasteiger partial charge in [0, 0.05) is 21.9 Å². The molecule has 0 saturated carbocycles. The highest BCUT2D eigenvalue weighted by molar-refractivity contribution is 9.10. The number of aromatic nitrogens is 4. The first kappa shape index (κ1) is 23.1. The number of anilines is 1. The molecule has 1 fully saturated rings. The summed E-state index contributed by atoms with van der Waals surface area (Å²) >= 11 is 5.99. The van der Waals surface area contributed by atoms with E-state index in [1.54, 1.807) is 23.7 Å². The monoisotopic (exact) mass is 538 g/mol. The minimum absolute atomic E-state index is 0.404. The fraction of sp³-hybridized carbons (Fsp3) is 0.368. The minimum atomic E-state index is -1.12. The maximum Gasteiger partial charge on any atom is 0.180 e. The molecule has 32 heavy (non-hydrogen) atoms. The first-order valence-electron chi connectivity index (χ1n) is 9.41. The summed E-state index contributed by atoms with van der Waals surface area (Å²) < 4.78 is 14.0. The summed E-state index contributed by atoms with van der Waals surface area (Å²) in [5, 5.41) is 40.8. The van der Waals surface area contributed by atoms with Crippen LogP contribution in [-0.2, 0) is 9.47 Å². The molecule has 0 aliphatic carbocycles. The molecule has 2 aromatic heterocycles. The molecule has 4 rings (SSSR count). The van der Waals surface area contributed by atoms with E-state index in [-0.39, 0.29) is 0 Å². The lowest BCUT2D eigenvalue weighted by atomic mass is 9.97. The van der Waals surface area contributed by atoms with E-state index in [9.17, 15) is 15.5 Å². The summed E-state index contributed by atoms with van der Waals surface area (Å²) in [6.07, 6.45) is -1.02. The van der Waals surface area contributed by atoms with Crippen molar-refractivity contribution < 1.29 is 19.7 Å². The van der Waals surface area contributed by atoms with Gasteiger partial charge in [0.2, 0.25) is 0 Å². The van der Waals surface area contributed by atoms with Crippen LogP contribution in [0.1, 0.15) is 11.6 Å². The molecule has 10 nitrogen and oxygen atoms in total. The van der Waals surface area contributed by atoms with E-state index >= 15 is 0 Å². The molecule has 0 amide bonds. The second-order valence-corrected chi connectivity index (χ2v) is 9.88. The Labute approximate surface area is 200 Å². The van der Waals surface area contributed by atoms with E-state index in [1.165, 1.54) is 34.9 Å². The Morgan fingerprint density at radius 2 is 2.25 bits per heavy atom. The zero-order valence-electron chi connectivity index (χ0n) is 16.7. The fourth-order valence-electron chi connectivity index (χ4n) is 3.47. The minimum Gasteiger partial charge on any atom is -0.394 e. The van der Waals surface area contributed by atoms with Gasteiger partial charge in [0.05, 0.1) is 18.4 Å². The van der Waals surface area contributed by atoms with Crippen molar-refractivity contribution in [3.63, 3.8) is 0 Å². The summed E-state index contributed by atoms with van der Waals surface area (Å²) in [5.41, 5.74) is 6.62. The highest BCUT2D eigenvalue weighted by Gasteiger charge is 2.47. The average molecular weight is 539 g/mol. The van der Waals surface area contributed by atoms with Crippen LogP contribution in [0.4, 0.5) is 5.13 Å². The number of aliphatic hydroxyl groups excluding tert-OH is 2. The smallest absolute Gasteiger partial charge is 0.180 e. The first-order valence-corrected chi connectivity index (χ1v) is 12.0. The van der Waals surface area contributed by atoms with E-state index in [2.05, 4.69) is 37.3 Å². The number of nitrogens with two attached hydrogens (primary N) is 1. The molecule has 1 aliphatic rings. The van der Waals surface area contributed by atoms with Gasteiger partial charge in [0.25, 0.3) is 0 Å². The molecule has 13 heteroatoms. The lowest BCUT2D eigenvalue weighted by Crippen LogP contribution is -2.55. The standard InChI is InChI=1S/C19H19BrN6O4S2/c1-29-17-15(26-6-11(24-25-26)12-8-31-19(22)23-12)16(28)13(7-27)30-18(17)32-14-4-10(20)3-2-9(14)5-21/h2-4,6,8,13,15-18,27-28H,7H2,1H3,(H2,22,23)/t13-,15+,16+,17-,18-/m1/s1. The SMILES string of the molecule is CO[C@@H]1[C@@H](n2cc(-c3csc(N)n3)nn2)[C@@H](O)[C@@H](CO)O[C@@H]1Sc1cc(Br)ccc1C#N. The molecule has 4 N–H and O–H groups in total. The van der Waals surface area contributed by atoms with Crippen LogP contribution >= 0.6 is 39.0 Å². The van der Waals surface area contributed by atoms with Gasteiger partial charge in [0.15, 0.2) is 5.13 Å². The molecular formula is C19H19BrN6O4S2. The van der Waals surface area contributed by atoms with Crippen LogP contribution in [0, 0.1) is 11.3 Å². The van der Waals surface area contributed by atoms with E-state index in [0.29, 0.717) is 27.0 Å². The number of halogens is 1. The number of thioether (sulfide) groups is 1. The third-order valence-electron chi connectivity index (χ3n) is 5.00. The van der Waals surface area contributed by atoms with Crippen LogP contribution in [0.2, 0.25) is 0 Å². The van der Waals surface area contributed by atoms with Crippen LogP contribution < -0.4 is 5.73 Å². The molecular weight excluding hydrogens is 520 g/mol. The topological polar surface area (TPSA) is 152 Å². The van der Waals surface area contributed by atoms with Crippen molar-refractivity contribution in [2.24, 2.45) is 0 Å². The van der Waals surface area contributed by atoms with Crippen molar-refractivity contribution in [3.05, 3.63) is 39.8 Å². The molecule has 3 heterocycles. The van der Waals surface area contributed by atoms with Crippen LogP contribution in [0.25, 0.3) is 11.4 Å². The number of nitrogen functional groups attached to an aromatic ring is 1. The maximum atomic E-state index is 10.9. The molecule has 0 bridgehead atoms. The van der Waals surface area contributed by atoms with Crippen LogP contribution in [0.15, 0.2) is 39.1 Å². The predicted octanol–water partition coefficient (Wildman–Crippen LogP) is 2.04. The zero-order valence-corrected chi connectivity index (χ0v) is 19.9. The van der Waals surface area contributed by atoms with Gasteiger partial charge in [-0.15, -0.1) is 16.4 Å². The molecule has 1 aromatic carbocycles. The highest BCUT2D eigenvalue weighted by Crippen LogP contribution is 2.41. The van der Waals surface area contributed by atoms with Gasteiger partial charge < -0.3 is 25.4 Å². The number of nitriles is 1. The van der Waals surface area contributed by atoms with Crippen LogP contribution in [0.3, 0.4) is 0 Å². The number of nitrogens with zero attached hydrogens (tertiary/aromatic N) is 5. The van der Waals surface area contributed by atoms with Gasteiger partial charge in [-0.3, -0.25) is 0 Å². The normalized spacial score (nSPS) is 25.5. The van der Waals surface area contributed by atoms with Gasteiger partial charge in [0.1, 0.15) is 47.2 Å². The van der Waals surface area contributed by atoms with Crippen molar-refractivity contribution >= 4 is 44.2 Å². The number of hydrogen-bond acceptors (Lipinski definition) is 11. The fourth-order valence-corrected chi connectivity index (χ4v) is 5.83. The molecule has 1 aliphatic heterocycles. The van der Waals surface area contributed by atoms with Gasteiger partial charge in [-0.1, -0.05) is 32.9 Å². The third-order valence-corrected chi connectivity index (χ3v) is 7.37. The molecule has 0 radical (unpaired) electrons. The lowest BCUT2D eigenvalue weighted by Gasteiger charge is -2.43. The molecule has 5 atom stereocenters. The summed E-state index contributed by atoms with van der Waals surface area (Å²) in [6, 6.07) is 6.75. The second kappa shape index (κ2) is 9.84. The van der Waals surface area contributed by atoms with Crippen molar-refractivity contribution in [2.45, 2.75) is 34.7 Å². The molecule has 168 valence electrons. The third kappa shape index (κ3) is 4.53. The summed E-state index contributed by atoms with van der Waals surface area (Å²) in [7, 11) is 1.51. The highest BCUT2D eigenvalue weighted by atomic mass is 79.9. The lowest BCUT2D eigenvalue weighted by molar-refractivity contribution is -0.186. The zero-order chi connectivity index (χ0) is 22.8. The van der Waals surface area contributed by atoms with E-state index < -0.39 is 36.4 Å². The summed E-state index contributed by atoms with van der Waals surface area (Å²) in [5.74, 6) is 0. The van der Waals surface area contributed by atoms with E-state index in [0.717, 1.165) is 4.47 Å². The Hall–Kier alpha value is -2.05. The van der Waals surface area contributed by atoms with Crippen molar-refractivity contribution in [3.8, 4) is 17.5 Å². The van der Waals surface area contributed by atoms with Gasteiger partial charge in [-0.25, -0.2) is 9.67 Å². The summed E-state index contributed by atoms with van der Waals surface area (Å²) in [6.45, 7) is -0.404. The number of methoxy groups -OCH3 is 1. The maximum absolute atomic E-state index is 10.9. The Kier molecular flexibility index (Phi) is 7.11. The Balaban J connectivity index is 1.68. The largest absolute Gasteiger partial charge is 0.394 e. The Bertz CT molecular complexity index is 1140. The number of aliphatic hydroxyl groups is 2. The Morgan fingerprint density at radius 1 is 1.44 bits per heavy atom. The molecule has 1 saturated heterocycles. The number of ether oxygens (including phenoxy) is 2. The predicted molar refractivity (Wildman–Crippen MR) is 122 cm³/mol. The number of benzene rings is 1. The first-order chi connectivity index (χ1) is 15.4. The second-order valence-electron chi connectivity index (χ2n) is 6.93. The van der Waals surface area contributed by atoms with E-state index in [4.69, 9.17) is 15.2 Å². The molecule has 0 unspecified atom stereocenters. The van der Waals surface area contributed by atoms with Crippen LogP contribution in [-0.4, -0.2) is 67.7 Å². The number of rotatable bonds is 6. The quantitative estimate of drug-likeness (QED) is 0.424. The average Bonchev–Trinajstić information content (AvgIpc) is 3.43. The van der Waals surface area contributed by atoms with Gasteiger partial charge in [-0.2, -0.15) is 5.26 Å².